The Kier molecular flexibility index (Phi) is 2.45. The van der Waals surface area contributed by atoms with Crippen molar-refractivity contribution in [3.63, 3.8) is 0 Å². The van der Waals surface area contributed by atoms with Crippen LogP contribution in [0, 0.1) is 6.92 Å². The molecule has 4 rings (SSSR count). The second kappa shape index (κ2) is 4.22. The molecule has 1 aromatic heterocycles. The first kappa shape index (κ1) is 12.2. The molecular formula is C18H16N2O. The largest absolute Gasteiger partial charge is 0.350 e. The smallest absolute Gasteiger partial charge is 0.259 e. The fourth-order valence-corrected chi connectivity index (χ4v) is 3.17. The molecule has 21 heavy (non-hydrogen) atoms. The van der Waals surface area contributed by atoms with E-state index in [4.69, 9.17) is 0 Å². The number of carbonyl (C=O) groups excluding carboxylic acids is 1. The van der Waals surface area contributed by atoms with Crippen LogP contribution < -0.4 is 4.90 Å². The monoisotopic (exact) mass is 276 g/mol. The number of rotatable bonds is 1. The van der Waals surface area contributed by atoms with Gasteiger partial charge in [0, 0.05) is 30.0 Å². The summed E-state index contributed by atoms with van der Waals surface area (Å²) in [6, 6.07) is 14.3. The third-order valence-electron chi connectivity index (χ3n) is 4.33. The zero-order chi connectivity index (χ0) is 14.6. The summed E-state index contributed by atoms with van der Waals surface area (Å²) >= 11 is 0. The Balaban J connectivity index is 1.82. The molecule has 1 aliphatic heterocycles. The lowest BCUT2D eigenvalue weighted by Crippen LogP contribution is -2.23. The molecule has 1 aliphatic rings. The first-order valence-corrected chi connectivity index (χ1v) is 7.10. The minimum absolute atomic E-state index is 0.108. The van der Waals surface area contributed by atoms with E-state index in [2.05, 4.69) is 22.8 Å². The summed E-state index contributed by atoms with van der Waals surface area (Å²) in [4.78, 5) is 14.6. The molecule has 2 heterocycles. The molecule has 104 valence electrons. The number of hydrogen-bond donors (Lipinski definition) is 0. The maximum Gasteiger partial charge on any atom is 0.259 e. The molecule has 0 aliphatic carbocycles. The molecule has 0 unspecified atom stereocenters. The number of amides is 1. The maximum atomic E-state index is 12.7. The molecule has 0 N–H and O–H groups in total. The molecule has 0 atom stereocenters. The highest BCUT2D eigenvalue weighted by Crippen LogP contribution is 2.31. The number of anilines is 1. The topological polar surface area (TPSA) is 25.2 Å². The van der Waals surface area contributed by atoms with Crippen molar-refractivity contribution in [2.75, 3.05) is 4.90 Å². The van der Waals surface area contributed by atoms with Crippen LogP contribution in [0.1, 0.15) is 21.5 Å². The molecular weight excluding hydrogens is 260 g/mol. The van der Waals surface area contributed by atoms with Gasteiger partial charge in [-0.25, -0.2) is 0 Å². The average Bonchev–Trinajstić information content (AvgIpc) is 3.01. The first-order valence-electron chi connectivity index (χ1n) is 7.10. The van der Waals surface area contributed by atoms with Crippen LogP contribution in [0.25, 0.3) is 10.9 Å². The molecule has 0 saturated heterocycles. The summed E-state index contributed by atoms with van der Waals surface area (Å²) in [6.45, 7) is 2.66. The lowest BCUT2D eigenvalue weighted by molar-refractivity contribution is 0.0996. The Morgan fingerprint density at radius 2 is 1.95 bits per heavy atom. The lowest BCUT2D eigenvalue weighted by atomic mass is 10.0. The fraction of sp³-hybridized carbons (Fsp3) is 0.167. The zero-order valence-corrected chi connectivity index (χ0v) is 12.1. The number of aromatic nitrogens is 1. The van der Waals surface area contributed by atoms with Crippen molar-refractivity contribution in [1.82, 2.24) is 4.57 Å². The summed E-state index contributed by atoms with van der Waals surface area (Å²) in [7, 11) is 2.02. The summed E-state index contributed by atoms with van der Waals surface area (Å²) in [6.07, 6.45) is 2.04. The molecule has 0 bridgehead atoms. The van der Waals surface area contributed by atoms with E-state index < -0.39 is 0 Å². The van der Waals surface area contributed by atoms with Gasteiger partial charge in [-0.3, -0.25) is 4.79 Å². The third kappa shape index (κ3) is 1.70. The van der Waals surface area contributed by atoms with Gasteiger partial charge >= 0.3 is 0 Å². The zero-order valence-electron chi connectivity index (χ0n) is 12.1. The van der Waals surface area contributed by atoms with Crippen LogP contribution in [0.3, 0.4) is 0 Å². The van der Waals surface area contributed by atoms with Gasteiger partial charge < -0.3 is 9.47 Å². The van der Waals surface area contributed by atoms with Gasteiger partial charge in [0.1, 0.15) is 0 Å². The van der Waals surface area contributed by atoms with E-state index in [-0.39, 0.29) is 5.91 Å². The van der Waals surface area contributed by atoms with E-state index in [1.54, 1.807) is 0 Å². The lowest BCUT2D eigenvalue weighted by Gasteiger charge is -2.16. The average molecular weight is 276 g/mol. The van der Waals surface area contributed by atoms with Crippen LogP contribution in [0.2, 0.25) is 0 Å². The highest BCUT2D eigenvalue weighted by molar-refractivity contribution is 6.11. The van der Waals surface area contributed by atoms with Crippen molar-refractivity contribution in [1.29, 1.82) is 0 Å². The second-order valence-electron chi connectivity index (χ2n) is 5.67. The van der Waals surface area contributed by atoms with Gasteiger partial charge in [-0.2, -0.15) is 0 Å². The van der Waals surface area contributed by atoms with E-state index in [0.717, 1.165) is 27.9 Å². The van der Waals surface area contributed by atoms with Crippen LogP contribution >= 0.6 is 0 Å². The van der Waals surface area contributed by atoms with Crippen molar-refractivity contribution >= 4 is 22.5 Å². The van der Waals surface area contributed by atoms with Gasteiger partial charge in [0.15, 0.2) is 0 Å². The summed E-state index contributed by atoms with van der Waals surface area (Å²) in [5.74, 6) is 0.108. The predicted octanol–water partition coefficient (Wildman–Crippen LogP) is 3.65. The molecule has 0 spiro atoms. The fourth-order valence-electron chi connectivity index (χ4n) is 3.17. The van der Waals surface area contributed by atoms with E-state index in [0.29, 0.717) is 6.54 Å². The number of carbonyl (C=O) groups is 1. The van der Waals surface area contributed by atoms with Crippen molar-refractivity contribution in [3.05, 3.63) is 65.4 Å². The molecule has 0 fully saturated rings. The molecule has 3 aromatic rings. The first-order chi connectivity index (χ1) is 10.1. The Morgan fingerprint density at radius 1 is 1.10 bits per heavy atom. The third-order valence-corrected chi connectivity index (χ3v) is 4.33. The molecule has 2 aromatic carbocycles. The minimum atomic E-state index is 0.108. The Bertz CT molecular complexity index is 876. The number of nitrogens with zero attached hydrogens (tertiary/aromatic N) is 2. The van der Waals surface area contributed by atoms with E-state index >= 15 is 0 Å². The van der Waals surface area contributed by atoms with Gasteiger partial charge in [0.25, 0.3) is 5.91 Å². The molecule has 3 heteroatoms. The Morgan fingerprint density at radius 3 is 2.76 bits per heavy atom. The van der Waals surface area contributed by atoms with Gasteiger partial charge in [-0.05, 0) is 41.6 Å². The number of benzene rings is 2. The normalized spacial score (nSPS) is 14.0. The highest BCUT2D eigenvalue weighted by Gasteiger charge is 2.29. The number of fused-ring (bicyclic) bond motifs is 2. The SMILES string of the molecule is Cc1cccc2c1C(=O)N(c1ccc3ccn(C)c3c1)C2. The van der Waals surface area contributed by atoms with Crippen molar-refractivity contribution < 1.29 is 4.79 Å². The maximum absolute atomic E-state index is 12.7. The van der Waals surface area contributed by atoms with Crippen molar-refractivity contribution in [2.45, 2.75) is 13.5 Å². The highest BCUT2D eigenvalue weighted by atomic mass is 16.2. The Hall–Kier alpha value is -2.55. The minimum Gasteiger partial charge on any atom is -0.350 e. The molecule has 3 nitrogen and oxygen atoms in total. The molecule has 1 amide bonds. The number of aryl methyl sites for hydroxylation is 2. The van der Waals surface area contributed by atoms with E-state index in [1.165, 1.54) is 5.39 Å². The van der Waals surface area contributed by atoms with E-state index in [1.807, 2.05) is 49.3 Å². The predicted molar refractivity (Wildman–Crippen MR) is 84.6 cm³/mol. The second-order valence-corrected chi connectivity index (χ2v) is 5.67. The Labute approximate surface area is 123 Å². The molecule has 0 saturated carbocycles. The van der Waals surface area contributed by atoms with E-state index in [9.17, 15) is 4.79 Å². The van der Waals surface area contributed by atoms with Crippen LogP contribution in [-0.2, 0) is 13.6 Å². The van der Waals surface area contributed by atoms with Crippen molar-refractivity contribution in [2.24, 2.45) is 7.05 Å². The summed E-state index contributed by atoms with van der Waals surface area (Å²) in [5.41, 5.74) is 5.15. The molecule has 0 radical (unpaired) electrons. The van der Waals surface area contributed by atoms with Crippen LogP contribution in [0.15, 0.2) is 48.7 Å². The van der Waals surface area contributed by atoms with Gasteiger partial charge in [-0.1, -0.05) is 24.3 Å². The standard InChI is InChI=1S/C18H16N2O/c1-12-4-3-5-14-11-20(18(21)17(12)14)15-7-6-13-8-9-19(2)16(13)10-15/h3-10H,11H2,1-2H3. The van der Waals surface area contributed by atoms with Gasteiger partial charge in [0.2, 0.25) is 0 Å². The quantitative estimate of drug-likeness (QED) is 0.666. The summed E-state index contributed by atoms with van der Waals surface area (Å²) in [5, 5.41) is 1.20. The van der Waals surface area contributed by atoms with Crippen molar-refractivity contribution in [3.8, 4) is 0 Å². The van der Waals surface area contributed by atoms with Gasteiger partial charge in [-0.15, -0.1) is 0 Å². The van der Waals surface area contributed by atoms with Gasteiger partial charge in [0.05, 0.1) is 6.54 Å². The number of hydrogen-bond acceptors (Lipinski definition) is 1. The van der Waals surface area contributed by atoms with Crippen LogP contribution in [0.4, 0.5) is 5.69 Å². The van der Waals surface area contributed by atoms with Crippen LogP contribution in [0.5, 0.6) is 0 Å². The van der Waals surface area contributed by atoms with Crippen LogP contribution in [-0.4, -0.2) is 10.5 Å². The summed E-state index contributed by atoms with van der Waals surface area (Å²) < 4.78 is 2.08.